The summed E-state index contributed by atoms with van der Waals surface area (Å²) in [6, 6.07) is 13.4. The van der Waals surface area contributed by atoms with E-state index in [1.165, 1.54) is 18.4 Å². The third-order valence-electron chi connectivity index (χ3n) is 3.67. The molecule has 0 saturated carbocycles. The minimum atomic E-state index is 0.207. The molecule has 1 aromatic rings. The molecule has 0 spiro atoms. The predicted molar refractivity (Wildman–Crippen MR) is 73.1 cm³/mol. The molecule has 2 unspecified atom stereocenters. The topological polar surface area (TPSA) is 39.1 Å². The number of nitrogens with zero attached hydrogens (tertiary/aromatic N) is 2. The van der Waals surface area contributed by atoms with Gasteiger partial charge in [0.1, 0.15) is 0 Å². The molecule has 3 heteroatoms. The largest absolute Gasteiger partial charge is 0.313 e. The Morgan fingerprint density at radius 3 is 2.83 bits per heavy atom. The summed E-state index contributed by atoms with van der Waals surface area (Å²) in [7, 11) is 2.12. The predicted octanol–water partition coefficient (Wildman–Crippen LogP) is 2.33. The number of benzene rings is 1. The van der Waals surface area contributed by atoms with Gasteiger partial charge in [-0.05, 0) is 32.0 Å². The highest BCUT2D eigenvalue weighted by atomic mass is 15.2. The molecule has 0 amide bonds. The fraction of sp³-hybridized carbons (Fsp3) is 0.533. The molecule has 96 valence electrons. The molecule has 2 atom stereocenters. The molecule has 3 nitrogen and oxygen atoms in total. The summed E-state index contributed by atoms with van der Waals surface area (Å²) in [4.78, 5) is 2.31. The second kappa shape index (κ2) is 6.53. The van der Waals surface area contributed by atoms with Crippen molar-refractivity contribution in [2.75, 3.05) is 20.1 Å². The standard InChI is InChI=1S/C15H21N3/c1-18(12-14-8-5-11-17-14)15(9-10-16)13-6-3-2-4-7-13/h2-4,6-7,14-15,17H,5,8-9,11-12H2,1H3. The number of likely N-dealkylation sites (N-methyl/N-ethyl adjacent to an activating group) is 1. The molecule has 1 aromatic carbocycles. The Labute approximate surface area is 109 Å². The van der Waals surface area contributed by atoms with Crippen LogP contribution in [0.25, 0.3) is 0 Å². The van der Waals surface area contributed by atoms with Gasteiger partial charge in [-0.2, -0.15) is 5.26 Å². The number of rotatable bonds is 5. The fourth-order valence-corrected chi connectivity index (χ4v) is 2.68. The first-order chi connectivity index (χ1) is 8.81. The first kappa shape index (κ1) is 13.1. The van der Waals surface area contributed by atoms with Crippen molar-refractivity contribution < 1.29 is 0 Å². The highest BCUT2D eigenvalue weighted by Crippen LogP contribution is 2.23. The lowest BCUT2D eigenvalue weighted by Crippen LogP contribution is -2.37. The van der Waals surface area contributed by atoms with E-state index in [2.05, 4.69) is 35.5 Å². The zero-order chi connectivity index (χ0) is 12.8. The van der Waals surface area contributed by atoms with Crippen LogP contribution in [0.3, 0.4) is 0 Å². The molecule has 1 aliphatic rings. The quantitative estimate of drug-likeness (QED) is 0.862. The average molecular weight is 243 g/mol. The molecule has 1 saturated heterocycles. The van der Waals surface area contributed by atoms with Gasteiger partial charge in [-0.3, -0.25) is 4.90 Å². The SMILES string of the molecule is CN(CC1CCCN1)C(CC#N)c1ccccc1. The molecule has 1 heterocycles. The van der Waals surface area contributed by atoms with Crippen LogP contribution in [0, 0.1) is 11.3 Å². The van der Waals surface area contributed by atoms with Crippen LogP contribution in [0.5, 0.6) is 0 Å². The van der Waals surface area contributed by atoms with E-state index < -0.39 is 0 Å². The van der Waals surface area contributed by atoms with Crippen molar-refractivity contribution in [1.29, 1.82) is 5.26 Å². The minimum absolute atomic E-state index is 0.207. The van der Waals surface area contributed by atoms with E-state index in [4.69, 9.17) is 5.26 Å². The molecular weight excluding hydrogens is 222 g/mol. The minimum Gasteiger partial charge on any atom is -0.313 e. The number of hydrogen-bond donors (Lipinski definition) is 1. The van der Waals surface area contributed by atoms with Crippen LogP contribution < -0.4 is 5.32 Å². The van der Waals surface area contributed by atoms with E-state index in [0.29, 0.717) is 12.5 Å². The molecule has 0 radical (unpaired) electrons. The Morgan fingerprint density at radius 2 is 2.22 bits per heavy atom. The van der Waals surface area contributed by atoms with Crippen molar-refractivity contribution >= 4 is 0 Å². The summed E-state index contributed by atoms with van der Waals surface area (Å²) in [5, 5.41) is 12.5. The van der Waals surface area contributed by atoms with Crippen LogP contribution >= 0.6 is 0 Å². The molecule has 1 aliphatic heterocycles. The van der Waals surface area contributed by atoms with Gasteiger partial charge in [0.15, 0.2) is 0 Å². The van der Waals surface area contributed by atoms with Gasteiger partial charge in [0.2, 0.25) is 0 Å². The summed E-state index contributed by atoms with van der Waals surface area (Å²) in [5.41, 5.74) is 1.24. The van der Waals surface area contributed by atoms with Crippen LogP contribution in [0.15, 0.2) is 30.3 Å². The van der Waals surface area contributed by atoms with E-state index in [9.17, 15) is 0 Å². The Morgan fingerprint density at radius 1 is 1.44 bits per heavy atom. The average Bonchev–Trinajstić information content (AvgIpc) is 2.89. The third kappa shape index (κ3) is 3.32. The van der Waals surface area contributed by atoms with Crippen LogP contribution in [0.2, 0.25) is 0 Å². The maximum absolute atomic E-state index is 9.02. The first-order valence-electron chi connectivity index (χ1n) is 6.67. The molecule has 1 fully saturated rings. The third-order valence-corrected chi connectivity index (χ3v) is 3.67. The Kier molecular flexibility index (Phi) is 4.74. The summed E-state index contributed by atoms with van der Waals surface area (Å²) >= 11 is 0. The molecular formula is C15H21N3. The lowest BCUT2D eigenvalue weighted by atomic mass is 10.0. The molecule has 0 aromatic heterocycles. The van der Waals surface area contributed by atoms with E-state index >= 15 is 0 Å². The van der Waals surface area contributed by atoms with Crippen molar-refractivity contribution in [3.05, 3.63) is 35.9 Å². The number of nitriles is 1. The van der Waals surface area contributed by atoms with Crippen molar-refractivity contribution in [1.82, 2.24) is 10.2 Å². The first-order valence-corrected chi connectivity index (χ1v) is 6.67. The zero-order valence-corrected chi connectivity index (χ0v) is 11.0. The fourth-order valence-electron chi connectivity index (χ4n) is 2.68. The van der Waals surface area contributed by atoms with Crippen molar-refractivity contribution in [2.45, 2.75) is 31.3 Å². The molecule has 1 N–H and O–H groups in total. The van der Waals surface area contributed by atoms with Crippen LogP contribution in [-0.2, 0) is 0 Å². The van der Waals surface area contributed by atoms with Gasteiger partial charge in [0, 0.05) is 18.6 Å². The summed E-state index contributed by atoms with van der Waals surface area (Å²) in [5.74, 6) is 0. The molecule has 0 aliphatic carbocycles. The number of hydrogen-bond acceptors (Lipinski definition) is 3. The van der Waals surface area contributed by atoms with Gasteiger partial charge in [0.05, 0.1) is 12.5 Å². The van der Waals surface area contributed by atoms with E-state index in [1.807, 2.05) is 18.2 Å². The van der Waals surface area contributed by atoms with Crippen LogP contribution in [0.4, 0.5) is 0 Å². The van der Waals surface area contributed by atoms with E-state index in [0.717, 1.165) is 13.1 Å². The lowest BCUT2D eigenvalue weighted by Gasteiger charge is -2.29. The Hall–Kier alpha value is -1.37. The number of nitrogens with one attached hydrogen (secondary N) is 1. The van der Waals surface area contributed by atoms with Gasteiger partial charge in [-0.1, -0.05) is 30.3 Å². The molecule has 18 heavy (non-hydrogen) atoms. The Bertz CT molecular complexity index is 390. The zero-order valence-electron chi connectivity index (χ0n) is 11.0. The molecule has 0 bridgehead atoms. The van der Waals surface area contributed by atoms with Crippen LogP contribution in [0.1, 0.15) is 30.9 Å². The normalized spacial score (nSPS) is 20.8. The second-order valence-corrected chi connectivity index (χ2v) is 5.02. The van der Waals surface area contributed by atoms with Crippen molar-refractivity contribution in [2.24, 2.45) is 0 Å². The summed E-state index contributed by atoms with van der Waals surface area (Å²) in [6.07, 6.45) is 3.07. The molecule has 2 rings (SSSR count). The van der Waals surface area contributed by atoms with E-state index in [-0.39, 0.29) is 6.04 Å². The highest BCUT2D eigenvalue weighted by Gasteiger charge is 2.21. The Balaban J connectivity index is 2.02. The second-order valence-electron chi connectivity index (χ2n) is 5.02. The van der Waals surface area contributed by atoms with Gasteiger partial charge >= 0.3 is 0 Å². The summed E-state index contributed by atoms with van der Waals surface area (Å²) < 4.78 is 0. The van der Waals surface area contributed by atoms with E-state index in [1.54, 1.807) is 0 Å². The van der Waals surface area contributed by atoms with Gasteiger partial charge in [-0.25, -0.2) is 0 Å². The van der Waals surface area contributed by atoms with Crippen molar-refractivity contribution in [3.8, 4) is 6.07 Å². The summed E-state index contributed by atoms with van der Waals surface area (Å²) in [6.45, 7) is 2.15. The highest BCUT2D eigenvalue weighted by molar-refractivity contribution is 5.20. The maximum atomic E-state index is 9.02. The van der Waals surface area contributed by atoms with Crippen molar-refractivity contribution in [3.63, 3.8) is 0 Å². The van der Waals surface area contributed by atoms with Gasteiger partial charge < -0.3 is 5.32 Å². The lowest BCUT2D eigenvalue weighted by molar-refractivity contribution is 0.226. The van der Waals surface area contributed by atoms with Gasteiger partial charge in [-0.15, -0.1) is 0 Å². The maximum Gasteiger partial charge on any atom is 0.0641 e. The van der Waals surface area contributed by atoms with Gasteiger partial charge in [0.25, 0.3) is 0 Å². The van der Waals surface area contributed by atoms with Crippen LogP contribution in [-0.4, -0.2) is 31.1 Å². The smallest absolute Gasteiger partial charge is 0.0641 e. The monoisotopic (exact) mass is 243 g/mol.